The summed E-state index contributed by atoms with van der Waals surface area (Å²) in [6, 6.07) is 13.8. The van der Waals surface area contributed by atoms with Crippen molar-refractivity contribution in [1.29, 1.82) is 0 Å². The number of nitrogens with zero attached hydrogens (tertiary/aromatic N) is 2. The maximum Gasteiger partial charge on any atom is 0.185 e. The predicted octanol–water partition coefficient (Wildman–Crippen LogP) is 3.95. The van der Waals surface area contributed by atoms with E-state index in [-0.39, 0.29) is 5.78 Å². The van der Waals surface area contributed by atoms with Crippen molar-refractivity contribution < 1.29 is 4.79 Å². The first-order valence-electron chi connectivity index (χ1n) is 7.00. The Labute approximate surface area is 123 Å². The number of aromatic nitrogens is 2. The molecule has 2 aromatic carbocycles. The molecule has 21 heavy (non-hydrogen) atoms. The number of allylic oxidation sites excluding steroid dienone is 1. The van der Waals surface area contributed by atoms with Gasteiger partial charge in [0.25, 0.3) is 0 Å². The van der Waals surface area contributed by atoms with Gasteiger partial charge < -0.3 is 0 Å². The van der Waals surface area contributed by atoms with Crippen molar-refractivity contribution in [3.63, 3.8) is 0 Å². The predicted molar refractivity (Wildman–Crippen MR) is 85.2 cm³/mol. The van der Waals surface area contributed by atoms with E-state index in [1.54, 1.807) is 18.3 Å². The van der Waals surface area contributed by atoms with Crippen LogP contribution in [-0.4, -0.2) is 15.6 Å². The molecule has 0 saturated carbocycles. The zero-order chi connectivity index (χ0) is 14.7. The van der Waals surface area contributed by atoms with Gasteiger partial charge in [-0.25, -0.2) is 0 Å². The van der Waals surface area contributed by atoms with Gasteiger partial charge in [0.1, 0.15) is 0 Å². The topological polar surface area (TPSA) is 34.9 Å². The van der Waals surface area contributed by atoms with E-state index in [2.05, 4.69) is 5.10 Å². The Morgan fingerprint density at radius 2 is 2.00 bits per heavy atom. The maximum absolute atomic E-state index is 12.2. The van der Waals surface area contributed by atoms with Gasteiger partial charge in [-0.05, 0) is 35.9 Å². The Balaban J connectivity index is 1.83. The van der Waals surface area contributed by atoms with Crippen LogP contribution in [0.4, 0.5) is 0 Å². The fourth-order valence-corrected chi connectivity index (χ4v) is 2.25. The van der Waals surface area contributed by atoms with Crippen LogP contribution in [0.15, 0.2) is 60.9 Å². The molecule has 0 aliphatic rings. The highest BCUT2D eigenvalue weighted by molar-refractivity contribution is 6.08. The number of ketones is 1. The minimum atomic E-state index is 0.00463. The van der Waals surface area contributed by atoms with Gasteiger partial charge in [0.05, 0.1) is 6.20 Å². The Morgan fingerprint density at radius 3 is 2.76 bits per heavy atom. The molecule has 0 spiro atoms. The lowest BCUT2D eigenvalue weighted by atomic mass is 10.0. The van der Waals surface area contributed by atoms with Crippen molar-refractivity contribution >= 4 is 22.6 Å². The van der Waals surface area contributed by atoms with Gasteiger partial charge in [-0.2, -0.15) is 5.10 Å². The Kier molecular flexibility index (Phi) is 3.65. The Bertz CT molecular complexity index is 815. The molecule has 3 heteroatoms. The number of aryl methyl sites for hydroxylation is 1. The van der Waals surface area contributed by atoms with Gasteiger partial charge in [0, 0.05) is 23.9 Å². The summed E-state index contributed by atoms with van der Waals surface area (Å²) < 4.78 is 1.83. The van der Waals surface area contributed by atoms with E-state index in [1.165, 1.54) is 0 Å². The molecule has 0 N–H and O–H groups in total. The molecule has 0 amide bonds. The lowest BCUT2D eigenvalue weighted by Gasteiger charge is -2.00. The van der Waals surface area contributed by atoms with E-state index in [9.17, 15) is 4.79 Å². The van der Waals surface area contributed by atoms with Gasteiger partial charge in [-0.3, -0.25) is 9.48 Å². The number of fused-ring (bicyclic) bond motifs is 1. The third-order valence-electron chi connectivity index (χ3n) is 3.44. The number of carbonyl (C=O) groups excluding carboxylic acids is 1. The molecule has 3 rings (SSSR count). The van der Waals surface area contributed by atoms with Crippen LogP contribution in [0.1, 0.15) is 22.8 Å². The van der Waals surface area contributed by atoms with Crippen molar-refractivity contribution in [3.05, 3.63) is 72.1 Å². The zero-order valence-electron chi connectivity index (χ0n) is 11.9. The third-order valence-corrected chi connectivity index (χ3v) is 3.44. The summed E-state index contributed by atoms with van der Waals surface area (Å²) in [5.74, 6) is 0.00463. The van der Waals surface area contributed by atoms with Crippen LogP contribution in [-0.2, 0) is 6.54 Å². The van der Waals surface area contributed by atoms with Crippen LogP contribution in [0.5, 0.6) is 0 Å². The number of carbonyl (C=O) groups is 1. The molecule has 1 heterocycles. The molecule has 1 aromatic heterocycles. The van der Waals surface area contributed by atoms with E-state index in [0.29, 0.717) is 5.56 Å². The fourth-order valence-electron chi connectivity index (χ4n) is 2.25. The van der Waals surface area contributed by atoms with Gasteiger partial charge in [0.2, 0.25) is 0 Å². The molecular formula is C18H16N2O. The van der Waals surface area contributed by atoms with Crippen molar-refractivity contribution in [1.82, 2.24) is 9.78 Å². The second-order valence-electron chi connectivity index (χ2n) is 4.89. The van der Waals surface area contributed by atoms with Crippen molar-refractivity contribution in [3.8, 4) is 0 Å². The Hall–Kier alpha value is -2.68. The van der Waals surface area contributed by atoms with Crippen LogP contribution in [0.3, 0.4) is 0 Å². The second-order valence-corrected chi connectivity index (χ2v) is 4.89. The molecule has 0 aliphatic carbocycles. The van der Waals surface area contributed by atoms with Gasteiger partial charge in [-0.1, -0.05) is 36.4 Å². The average Bonchev–Trinajstić information content (AvgIpc) is 3.00. The zero-order valence-corrected chi connectivity index (χ0v) is 11.9. The van der Waals surface area contributed by atoms with Crippen LogP contribution < -0.4 is 0 Å². The van der Waals surface area contributed by atoms with Crippen LogP contribution >= 0.6 is 0 Å². The van der Waals surface area contributed by atoms with Crippen molar-refractivity contribution in [2.75, 3.05) is 0 Å². The molecule has 0 radical (unpaired) electrons. The molecule has 0 unspecified atom stereocenters. The highest BCUT2D eigenvalue weighted by Crippen LogP contribution is 2.16. The molecule has 3 aromatic rings. The molecular weight excluding hydrogens is 260 g/mol. The summed E-state index contributed by atoms with van der Waals surface area (Å²) in [4.78, 5) is 12.2. The fraction of sp³-hybridized carbons (Fsp3) is 0.111. The highest BCUT2D eigenvalue weighted by atomic mass is 16.1. The summed E-state index contributed by atoms with van der Waals surface area (Å²) >= 11 is 0. The molecule has 0 saturated heterocycles. The van der Waals surface area contributed by atoms with Gasteiger partial charge in [-0.15, -0.1) is 0 Å². The van der Waals surface area contributed by atoms with Gasteiger partial charge in [0.15, 0.2) is 5.78 Å². The number of hydrogen-bond donors (Lipinski definition) is 0. The van der Waals surface area contributed by atoms with Crippen LogP contribution in [0, 0.1) is 0 Å². The first-order valence-corrected chi connectivity index (χ1v) is 7.00. The number of benzene rings is 2. The summed E-state index contributed by atoms with van der Waals surface area (Å²) in [6.07, 6.45) is 7.08. The Morgan fingerprint density at radius 1 is 1.19 bits per heavy atom. The first kappa shape index (κ1) is 13.3. The monoisotopic (exact) mass is 276 g/mol. The summed E-state index contributed by atoms with van der Waals surface area (Å²) in [5.41, 5.74) is 1.64. The normalized spacial score (nSPS) is 11.3. The van der Waals surface area contributed by atoms with Crippen molar-refractivity contribution in [2.45, 2.75) is 13.5 Å². The highest BCUT2D eigenvalue weighted by Gasteiger charge is 2.03. The average molecular weight is 276 g/mol. The second kappa shape index (κ2) is 5.75. The summed E-state index contributed by atoms with van der Waals surface area (Å²) in [6.45, 7) is 2.85. The van der Waals surface area contributed by atoms with Crippen LogP contribution in [0.2, 0.25) is 0 Å². The van der Waals surface area contributed by atoms with E-state index in [4.69, 9.17) is 0 Å². The molecule has 104 valence electrons. The van der Waals surface area contributed by atoms with Crippen LogP contribution in [0.25, 0.3) is 16.8 Å². The lowest BCUT2D eigenvalue weighted by molar-refractivity contribution is 0.104. The van der Waals surface area contributed by atoms with E-state index >= 15 is 0 Å². The maximum atomic E-state index is 12.2. The number of rotatable bonds is 4. The van der Waals surface area contributed by atoms with E-state index < -0.39 is 0 Å². The minimum absolute atomic E-state index is 0.00463. The first-order chi connectivity index (χ1) is 10.3. The third kappa shape index (κ3) is 2.92. The molecule has 3 nitrogen and oxygen atoms in total. The number of hydrogen-bond acceptors (Lipinski definition) is 2. The largest absolute Gasteiger partial charge is 0.289 e. The van der Waals surface area contributed by atoms with Gasteiger partial charge >= 0.3 is 0 Å². The molecule has 0 fully saturated rings. The summed E-state index contributed by atoms with van der Waals surface area (Å²) in [7, 11) is 0. The van der Waals surface area contributed by atoms with Crippen molar-refractivity contribution in [2.24, 2.45) is 0 Å². The quantitative estimate of drug-likeness (QED) is 0.534. The van der Waals surface area contributed by atoms with E-state index in [0.717, 1.165) is 22.9 Å². The molecule has 0 atom stereocenters. The summed E-state index contributed by atoms with van der Waals surface area (Å²) in [5, 5.41) is 6.40. The lowest BCUT2D eigenvalue weighted by Crippen LogP contribution is -1.93. The smallest absolute Gasteiger partial charge is 0.185 e. The minimum Gasteiger partial charge on any atom is -0.289 e. The van der Waals surface area contributed by atoms with E-state index in [1.807, 2.05) is 60.3 Å². The standard InChI is InChI=1S/C18H16N2O/c1-2-20-13-14(12-19-20)7-10-18(21)17-9-8-15-5-3-4-6-16(15)11-17/h3-13H,2H2,1H3/b10-7+. The molecule has 0 aliphatic heterocycles. The SMILES string of the molecule is CCn1cc(/C=C/C(=O)c2ccc3ccccc3c2)cn1. The molecule has 0 bridgehead atoms.